The molecule has 0 bridgehead atoms. The van der Waals surface area contributed by atoms with Gasteiger partial charge in [0.15, 0.2) is 5.82 Å². The summed E-state index contributed by atoms with van der Waals surface area (Å²) in [6.07, 6.45) is 0.746. The topological polar surface area (TPSA) is 105 Å². The molecular weight excluding hydrogens is 174 g/mol. The molecule has 0 spiro atoms. The van der Waals surface area contributed by atoms with Gasteiger partial charge in [0, 0.05) is 13.0 Å². The van der Waals surface area contributed by atoms with Crippen LogP contribution in [0.5, 0.6) is 0 Å². The Kier molecular flexibility index (Phi) is 3.81. The van der Waals surface area contributed by atoms with Gasteiger partial charge < -0.3 is 20.5 Å². The Balaban J connectivity index is 2.56. The summed E-state index contributed by atoms with van der Waals surface area (Å²) in [4.78, 5) is 3.94. The van der Waals surface area contributed by atoms with Crippen molar-refractivity contribution in [3.63, 3.8) is 0 Å². The molecule has 1 atom stereocenters. The Morgan fingerprint density at radius 3 is 2.77 bits per heavy atom. The minimum atomic E-state index is -0.426. The molecule has 0 aliphatic carbocycles. The van der Waals surface area contributed by atoms with Gasteiger partial charge in [0.05, 0.1) is 12.6 Å². The first kappa shape index (κ1) is 10.1. The number of aliphatic hydroxyl groups excluding tert-OH is 2. The molecule has 0 amide bonds. The standard InChI is InChI=1S/C7H13N3O3/c8-5(1-3-11)7-9-6(2-4-12)10-13-7/h5,11-12H,1-4,8H2. The summed E-state index contributed by atoms with van der Waals surface area (Å²) < 4.78 is 4.82. The van der Waals surface area contributed by atoms with Crippen molar-refractivity contribution in [2.24, 2.45) is 5.73 Å². The van der Waals surface area contributed by atoms with Crippen LogP contribution in [0.25, 0.3) is 0 Å². The van der Waals surface area contributed by atoms with E-state index in [9.17, 15) is 0 Å². The highest BCUT2D eigenvalue weighted by Gasteiger charge is 2.13. The van der Waals surface area contributed by atoms with E-state index in [0.29, 0.717) is 24.6 Å². The molecule has 1 unspecified atom stereocenters. The lowest BCUT2D eigenvalue weighted by molar-refractivity contribution is 0.258. The van der Waals surface area contributed by atoms with Crippen LogP contribution >= 0.6 is 0 Å². The molecule has 0 saturated heterocycles. The van der Waals surface area contributed by atoms with Crippen molar-refractivity contribution in [2.75, 3.05) is 13.2 Å². The molecule has 1 rings (SSSR count). The average Bonchev–Trinajstić information content (AvgIpc) is 2.54. The summed E-state index contributed by atoms with van der Waals surface area (Å²) >= 11 is 0. The lowest BCUT2D eigenvalue weighted by Crippen LogP contribution is -2.12. The molecule has 0 radical (unpaired) electrons. The van der Waals surface area contributed by atoms with Gasteiger partial charge in [0.25, 0.3) is 0 Å². The second kappa shape index (κ2) is 4.90. The zero-order valence-electron chi connectivity index (χ0n) is 7.18. The van der Waals surface area contributed by atoms with Crippen LogP contribution in [-0.4, -0.2) is 33.6 Å². The van der Waals surface area contributed by atoms with Crippen molar-refractivity contribution in [3.05, 3.63) is 11.7 Å². The van der Waals surface area contributed by atoms with Gasteiger partial charge in [-0.2, -0.15) is 4.98 Å². The molecular formula is C7H13N3O3. The minimum absolute atomic E-state index is 0.0150. The first-order chi connectivity index (χ1) is 6.27. The lowest BCUT2D eigenvalue weighted by Gasteiger charge is -2.01. The van der Waals surface area contributed by atoms with Crippen LogP contribution < -0.4 is 5.73 Å². The number of rotatable bonds is 5. The van der Waals surface area contributed by atoms with E-state index in [4.69, 9.17) is 20.5 Å². The molecule has 6 heteroatoms. The van der Waals surface area contributed by atoms with Gasteiger partial charge in [-0.25, -0.2) is 0 Å². The third-order valence-corrected chi connectivity index (χ3v) is 1.58. The SMILES string of the molecule is NC(CCO)c1nc(CCO)no1. The third-order valence-electron chi connectivity index (χ3n) is 1.58. The molecule has 1 aromatic heterocycles. The predicted octanol–water partition coefficient (Wildman–Crippen LogP) is -1.01. The average molecular weight is 187 g/mol. The fourth-order valence-electron chi connectivity index (χ4n) is 0.882. The molecule has 0 fully saturated rings. The van der Waals surface area contributed by atoms with Gasteiger partial charge in [-0.05, 0) is 6.42 Å². The predicted molar refractivity (Wildman–Crippen MR) is 43.7 cm³/mol. The van der Waals surface area contributed by atoms with E-state index in [-0.39, 0.29) is 13.2 Å². The van der Waals surface area contributed by atoms with Gasteiger partial charge in [0.1, 0.15) is 0 Å². The smallest absolute Gasteiger partial charge is 0.243 e. The van der Waals surface area contributed by atoms with Crippen LogP contribution in [0.15, 0.2) is 4.52 Å². The van der Waals surface area contributed by atoms with Crippen molar-refractivity contribution in [3.8, 4) is 0 Å². The molecule has 1 heterocycles. The van der Waals surface area contributed by atoms with Crippen molar-refractivity contribution in [1.29, 1.82) is 0 Å². The van der Waals surface area contributed by atoms with Gasteiger partial charge in [-0.15, -0.1) is 0 Å². The van der Waals surface area contributed by atoms with E-state index < -0.39 is 6.04 Å². The number of aliphatic hydroxyl groups is 2. The summed E-state index contributed by atoms with van der Waals surface area (Å²) in [5.74, 6) is 0.739. The van der Waals surface area contributed by atoms with E-state index in [2.05, 4.69) is 10.1 Å². The highest BCUT2D eigenvalue weighted by atomic mass is 16.5. The van der Waals surface area contributed by atoms with Gasteiger partial charge in [-0.3, -0.25) is 0 Å². The van der Waals surface area contributed by atoms with Crippen molar-refractivity contribution in [1.82, 2.24) is 10.1 Å². The Bertz CT molecular complexity index is 251. The molecule has 1 aromatic rings. The first-order valence-corrected chi connectivity index (χ1v) is 4.07. The number of nitrogens with two attached hydrogens (primary N) is 1. The molecule has 0 saturated carbocycles. The van der Waals surface area contributed by atoms with Gasteiger partial charge in [0.2, 0.25) is 5.89 Å². The Morgan fingerprint density at radius 1 is 1.38 bits per heavy atom. The van der Waals surface area contributed by atoms with Gasteiger partial charge >= 0.3 is 0 Å². The fraction of sp³-hybridized carbons (Fsp3) is 0.714. The maximum Gasteiger partial charge on any atom is 0.243 e. The van der Waals surface area contributed by atoms with Crippen LogP contribution in [-0.2, 0) is 6.42 Å². The van der Waals surface area contributed by atoms with Crippen LogP contribution in [0, 0.1) is 0 Å². The van der Waals surface area contributed by atoms with Crippen molar-refractivity contribution >= 4 is 0 Å². The second-order valence-electron chi connectivity index (χ2n) is 2.64. The number of aromatic nitrogens is 2. The summed E-state index contributed by atoms with van der Waals surface area (Å²) in [7, 11) is 0. The molecule has 74 valence electrons. The largest absolute Gasteiger partial charge is 0.396 e. The van der Waals surface area contributed by atoms with Crippen LogP contribution in [0.4, 0.5) is 0 Å². The Morgan fingerprint density at radius 2 is 2.15 bits per heavy atom. The lowest BCUT2D eigenvalue weighted by atomic mass is 10.2. The summed E-state index contributed by atoms with van der Waals surface area (Å²) in [5.41, 5.74) is 5.60. The zero-order valence-corrected chi connectivity index (χ0v) is 7.18. The van der Waals surface area contributed by atoms with E-state index >= 15 is 0 Å². The number of nitrogens with zero attached hydrogens (tertiary/aromatic N) is 2. The molecule has 0 aromatic carbocycles. The summed E-state index contributed by atoms with van der Waals surface area (Å²) in [6, 6.07) is -0.426. The van der Waals surface area contributed by atoms with E-state index in [1.54, 1.807) is 0 Å². The van der Waals surface area contributed by atoms with Crippen molar-refractivity contribution in [2.45, 2.75) is 18.9 Å². The van der Waals surface area contributed by atoms with Gasteiger partial charge in [-0.1, -0.05) is 5.16 Å². The summed E-state index contributed by atoms with van der Waals surface area (Å²) in [6.45, 7) is -0.0346. The monoisotopic (exact) mass is 187 g/mol. The maximum atomic E-state index is 8.60. The molecule has 13 heavy (non-hydrogen) atoms. The maximum absolute atomic E-state index is 8.60. The van der Waals surface area contributed by atoms with Crippen LogP contribution in [0.3, 0.4) is 0 Å². The highest BCUT2D eigenvalue weighted by molar-refractivity contribution is 4.91. The van der Waals surface area contributed by atoms with E-state index in [1.807, 2.05) is 0 Å². The first-order valence-electron chi connectivity index (χ1n) is 4.07. The third kappa shape index (κ3) is 2.76. The number of hydrogen-bond acceptors (Lipinski definition) is 6. The minimum Gasteiger partial charge on any atom is -0.396 e. The van der Waals surface area contributed by atoms with E-state index in [0.717, 1.165) is 0 Å². The fourth-order valence-corrected chi connectivity index (χ4v) is 0.882. The molecule has 0 aliphatic heterocycles. The number of hydrogen-bond donors (Lipinski definition) is 3. The quantitative estimate of drug-likeness (QED) is 0.545. The highest BCUT2D eigenvalue weighted by Crippen LogP contribution is 2.10. The second-order valence-corrected chi connectivity index (χ2v) is 2.64. The summed E-state index contributed by atoms with van der Waals surface area (Å²) in [5, 5.41) is 20.8. The molecule has 4 N–H and O–H groups in total. The zero-order chi connectivity index (χ0) is 9.68. The van der Waals surface area contributed by atoms with Crippen LogP contribution in [0.1, 0.15) is 24.2 Å². The molecule has 6 nitrogen and oxygen atoms in total. The van der Waals surface area contributed by atoms with E-state index in [1.165, 1.54) is 0 Å². The van der Waals surface area contributed by atoms with Crippen molar-refractivity contribution < 1.29 is 14.7 Å². The normalized spacial score (nSPS) is 13.2. The Labute approximate surface area is 75.4 Å². The van der Waals surface area contributed by atoms with Crippen LogP contribution in [0.2, 0.25) is 0 Å². The Hall–Kier alpha value is -0.980. The molecule has 0 aliphatic rings.